The van der Waals surface area contributed by atoms with E-state index in [0.717, 1.165) is 19.3 Å². The summed E-state index contributed by atoms with van der Waals surface area (Å²) in [4.78, 5) is 0.329. The minimum absolute atomic E-state index is 0.329. The molecule has 1 heterocycles. The van der Waals surface area contributed by atoms with Crippen molar-refractivity contribution >= 4 is 21.6 Å². The van der Waals surface area contributed by atoms with Crippen LogP contribution in [0, 0.1) is 5.92 Å². The standard InChI is InChI=1S/C15H22ClNO3S/c1-13-3-2-10-17(11-8-13)21(18,19)15-6-4-14(5-7-15)20-12-9-16/h4-7,13H,2-3,8-12H2,1H3. The van der Waals surface area contributed by atoms with Crippen molar-refractivity contribution in [1.29, 1.82) is 0 Å². The number of nitrogens with zero attached hydrogens (tertiary/aromatic N) is 1. The molecule has 1 saturated heterocycles. The largest absolute Gasteiger partial charge is 0.492 e. The van der Waals surface area contributed by atoms with Gasteiger partial charge in [-0.1, -0.05) is 6.92 Å². The summed E-state index contributed by atoms with van der Waals surface area (Å²) in [7, 11) is -3.39. The van der Waals surface area contributed by atoms with Gasteiger partial charge in [-0.05, 0) is 49.4 Å². The zero-order valence-electron chi connectivity index (χ0n) is 12.3. The maximum atomic E-state index is 12.6. The summed E-state index contributed by atoms with van der Waals surface area (Å²) >= 11 is 5.56. The molecule has 0 aliphatic carbocycles. The van der Waals surface area contributed by atoms with E-state index in [-0.39, 0.29) is 0 Å². The first-order valence-electron chi connectivity index (χ1n) is 7.33. The number of alkyl halides is 1. The van der Waals surface area contributed by atoms with Crippen LogP contribution >= 0.6 is 11.6 Å². The zero-order valence-corrected chi connectivity index (χ0v) is 13.9. The second-order valence-electron chi connectivity index (χ2n) is 5.45. The summed E-state index contributed by atoms with van der Waals surface area (Å²) in [6, 6.07) is 6.57. The van der Waals surface area contributed by atoms with E-state index in [2.05, 4.69) is 6.92 Å². The molecular weight excluding hydrogens is 310 g/mol. The lowest BCUT2D eigenvalue weighted by atomic mass is 10.0. The Kier molecular flexibility index (Phi) is 5.90. The van der Waals surface area contributed by atoms with Crippen LogP contribution in [0.3, 0.4) is 0 Å². The van der Waals surface area contributed by atoms with Crippen LogP contribution in [0.4, 0.5) is 0 Å². The molecule has 0 aromatic heterocycles. The van der Waals surface area contributed by atoms with Gasteiger partial charge in [-0.25, -0.2) is 8.42 Å². The van der Waals surface area contributed by atoms with Crippen molar-refractivity contribution in [3.8, 4) is 5.75 Å². The fourth-order valence-corrected chi connectivity index (χ4v) is 4.06. The van der Waals surface area contributed by atoms with E-state index >= 15 is 0 Å². The molecule has 0 bridgehead atoms. The van der Waals surface area contributed by atoms with E-state index in [1.54, 1.807) is 28.6 Å². The summed E-state index contributed by atoms with van der Waals surface area (Å²) in [6.07, 6.45) is 2.95. The van der Waals surface area contributed by atoms with Crippen LogP contribution in [0.1, 0.15) is 26.2 Å². The van der Waals surface area contributed by atoms with Crippen molar-refractivity contribution in [3.05, 3.63) is 24.3 Å². The molecule has 1 atom stereocenters. The molecule has 21 heavy (non-hydrogen) atoms. The third-order valence-corrected chi connectivity index (χ3v) is 5.85. The Morgan fingerprint density at radius 1 is 1.24 bits per heavy atom. The van der Waals surface area contributed by atoms with Gasteiger partial charge in [0, 0.05) is 13.1 Å². The summed E-state index contributed by atoms with van der Waals surface area (Å²) < 4.78 is 32.2. The van der Waals surface area contributed by atoms with Crippen molar-refractivity contribution < 1.29 is 13.2 Å². The first-order chi connectivity index (χ1) is 10.0. The van der Waals surface area contributed by atoms with Crippen molar-refractivity contribution in [2.75, 3.05) is 25.6 Å². The van der Waals surface area contributed by atoms with E-state index in [4.69, 9.17) is 16.3 Å². The smallest absolute Gasteiger partial charge is 0.243 e. The molecule has 4 nitrogen and oxygen atoms in total. The number of rotatable bonds is 5. The molecule has 1 unspecified atom stereocenters. The van der Waals surface area contributed by atoms with Gasteiger partial charge in [0.1, 0.15) is 12.4 Å². The number of benzene rings is 1. The van der Waals surface area contributed by atoms with Gasteiger partial charge in [-0.15, -0.1) is 11.6 Å². The molecule has 1 aliphatic rings. The van der Waals surface area contributed by atoms with Gasteiger partial charge in [0.15, 0.2) is 0 Å². The van der Waals surface area contributed by atoms with Gasteiger partial charge in [-0.3, -0.25) is 0 Å². The summed E-state index contributed by atoms with van der Waals surface area (Å²) in [6.45, 7) is 3.81. The Hall–Kier alpha value is -0.780. The molecule has 0 saturated carbocycles. The van der Waals surface area contributed by atoms with Crippen LogP contribution in [0.2, 0.25) is 0 Å². The molecule has 0 radical (unpaired) electrons. The van der Waals surface area contributed by atoms with Gasteiger partial charge < -0.3 is 4.74 Å². The second-order valence-corrected chi connectivity index (χ2v) is 7.76. The number of hydrogen-bond acceptors (Lipinski definition) is 3. The van der Waals surface area contributed by atoms with Crippen molar-refractivity contribution in [3.63, 3.8) is 0 Å². The van der Waals surface area contributed by atoms with Crippen LogP contribution in [-0.4, -0.2) is 38.3 Å². The second kappa shape index (κ2) is 7.47. The van der Waals surface area contributed by atoms with Gasteiger partial charge in [0.2, 0.25) is 10.0 Å². The number of halogens is 1. The van der Waals surface area contributed by atoms with E-state index in [0.29, 0.717) is 42.1 Å². The topological polar surface area (TPSA) is 46.6 Å². The monoisotopic (exact) mass is 331 g/mol. The Morgan fingerprint density at radius 2 is 1.95 bits per heavy atom. The molecule has 118 valence electrons. The number of hydrogen-bond donors (Lipinski definition) is 0. The zero-order chi connectivity index (χ0) is 15.3. The first-order valence-corrected chi connectivity index (χ1v) is 9.30. The maximum absolute atomic E-state index is 12.6. The molecule has 2 rings (SSSR count). The highest BCUT2D eigenvalue weighted by Crippen LogP contribution is 2.24. The quantitative estimate of drug-likeness (QED) is 0.779. The summed E-state index contributed by atoms with van der Waals surface area (Å²) in [5, 5.41) is 0. The van der Waals surface area contributed by atoms with Gasteiger partial charge >= 0.3 is 0 Å². The van der Waals surface area contributed by atoms with Crippen LogP contribution in [0.15, 0.2) is 29.2 Å². The SMILES string of the molecule is CC1CCCN(S(=O)(=O)c2ccc(OCCCl)cc2)CC1. The molecule has 0 amide bonds. The first kappa shape index (κ1) is 16.6. The lowest BCUT2D eigenvalue weighted by Crippen LogP contribution is -2.32. The van der Waals surface area contributed by atoms with Gasteiger partial charge in [0.25, 0.3) is 0 Å². The third kappa shape index (κ3) is 4.34. The molecule has 0 spiro atoms. The molecule has 6 heteroatoms. The van der Waals surface area contributed by atoms with Crippen molar-refractivity contribution in [2.24, 2.45) is 5.92 Å². The Morgan fingerprint density at radius 3 is 2.62 bits per heavy atom. The summed E-state index contributed by atoms with van der Waals surface area (Å²) in [5.41, 5.74) is 0. The van der Waals surface area contributed by atoms with Gasteiger partial charge in [-0.2, -0.15) is 4.31 Å². The van der Waals surface area contributed by atoms with Crippen LogP contribution in [0.25, 0.3) is 0 Å². The molecule has 1 aromatic rings. The van der Waals surface area contributed by atoms with Crippen LogP contribution < -0.4 is 4.74 Å². The van der Waals surface area contributed by atoms with Crippen LogP contribution in [0.5, 0.6) is 5.75 Å². The van der Waals surface area contributed by atoms with E-state index in [1.807, 2.05) is 0 Å². The number of ether oxygens (including phenoxy) is 1. The van der Waals surface area contributed by atoms with E-state index in [9.17, 15) is 8.42 Å². The lowest BCUT2D eigenvalue weighted by molar-refractivity contribution is 0.342. The molecule has 1 aliphatic heterocycles. The highest BCUT2D eigenvalue weighted by atomic mass is 35.5. The fourth-order valence-electron chi connectivity index (χ4n) is 2.49. The summed E-state index contributed by atoms with van der Waals surface area (Å²) in [5.74, 6) is 1.64. The Bertz CT molecular complexity index is 545. The van der Waals surface area contributed by atoms with Crippen LogP contribution in [-0.2, 0) is 10.0 Å². The minimum atomic E-state index is -3.39. The highest BCUT2D eigenvalue weighted by Gasteiger charge is 2.26. The average molecular weight is 332 g/mol. The minimum Gasteiger partial charge on any atom is -0.492 e. The predicted molar refractivity (Wildman–Crippen MR) is 84.4 cm³/mol. The fraction of sp³-hybridized carbons (Fsp3) is 0.600. The molecule has 1 fully saturated rings. The normalized spacial score (nSPS) is 21.0. The average Bonchev–Trinajstić information content (AvgIpc) is 2.70. The molecular formula is C15H22ClNO3S. The number of sulfonamides is 1. The van der Waals surface area contributed by atoms with Crippen molar-refractivity contribution in [2.45, 2.75) is 31.1 Å². The molecule has 0 N–H and O–H groups in total. The Balaban J connectivity index is 2.11. The van der Waals surface area contributed by atoms with E-state index in [1.165, 1.54) is 0 Å². The maximum Gasteiger partial charge on any atom is 0.243 e. The lowest BCUT2D eigenvalue weighted by Gasteiger charge is -2.20. The third-order valence-electron chi connectivity index (χ3n) is 3.78. The highest BCUT2D eigenvalue weighted by molar-refractivity contribution is 7.89. The van der Waals surface area contributed by atoms with E-state index < -0.39 is 10.0 Å². The van der Waals surface area contributed by atoms with Gasteiger partial charge in [0.05, 0.1) is 10.8 Å². The molecule has 1 aromatic carbocycles. The Labute approximate surface area is 132 Å². The predicted octanol–water partition coefficient (Wildman–Crippen LogP) is 3.11. The van der Waals surface area contributed by atoms with Crippen molar-refractivity contribution in [1.82, 2.24) is 4.31 Å².